The van der Waals surface area contributed by atoms with Crippen molar-refractivity contribution < 1.29 is 18.0 Å². The number of anilines is 1. The van der Waals surface area contributed by atoms with Gasteiger partial charge in [0.15, 0.2) is 0 Å². The maximum absolute atomic E-state index is 13.2. The summed E-state index contributed by atoms with van der Waals surface area (Å²) in [5.74, 6) is -0.551. The Labute approximate surface area is 188 Å². The molecule has 1 aromatic carbocycles. The van der Waals surface area contributed by atoms with Crippen LogP contribution in [0.5, 0.6) is 0 Å². The van der Waals surface area contributed by atoms with Crippen LogP contribution in [0.4, 0.5) is 5.69 Å². The molecule has 0 spiro atoms. The normalized spacial score (nSPS) is 20.2. The Morgan fingerprint density at radius 3 is 2.22 bits per heavy atom. The molecule has 32 heavy (non-hydrogen) atoms. The zero-order valence-corrected chi connectivity index (χ0v) is 19.7. The van der Waals surface area contributed by atoms with Crippen molar-refractivity contribution in [1.29, 1.82) is 0 Å². The molecule has 2 aromatic rings. The molecule has 1 aromatic heterocycles. The van der Waals surface area contributed by atoms with E-state index >= 15 is 0 Å². The lowest BCUT2D eigenvalue weighted by atomic mass is 10.1. The second kappa shape index (κ2) is 8.32. The van der Waals surface area contributed by atoms with Crippen molar-refractivity contribution in [1.82, 2.24) is 19.0 Å². The Kier molecular flexibility index (Phi) is 5.85. The first kappa shape index (κ1) is 22.5. The molecule has 0 N–H and O–H groups in total. The van der Waals surface area contributed by atoms with Crippen LogP contribution in [0.2, 0.25) is 0 Å². The first-order valence-electron chi connectivity index (χ1n) is 10.8. The molecule has 4 rings (SSSR count). The van der Waals surface area contributed by atoms with Crippen molar-refractivity contribution in [2.75, 3.05) is 37.6 Å². The summed E-state index contributed by atoms with van der Waals surface area (Å²) in [7, 11) is -1.96. The first-order chi connectivity index (χ1) is 15.1. The number of rotatable bonds is 4. The van der Waals surface area contributed by atoms with E-state index in [2.05, 4.69) is 5.10 Å². The molecular formula is C22H29N5O4S. The number of carbonyl (C=O) groups excluding carboxylic acids is 2. The molecule has 0 radical (unpaired) electrons. The minimum Gasteiger partial charge on any atom is -0.340 e. The summed E-state index contributed by atoms with van der Waals surface area (Å²) in [5, 5.41) is 4.22. The van der Waals surface area contributed by atoms with E-state index in [4.69, 9.17) is 0 Å². The Bertz CT molecular complexity index is 1150. The molecule has 2 amide bonds. The number of aromatic nitrogens is 2. The summed E-state index contributed by atoms with van der Waals surface area (Å²) in [4.78, 5) is 29.2. The lowest BCUT2D eigenvalue weighted by Gasteiger charge is -2.35. The largest absolute Gasteiger partial charge is 0.340 e. The van der Waals surface area contributed by atoms with E-state index in [1.54, 1.807) is 35.4 Å². The van der Waals surface area contributed by atoms with Crippen LogP contribution >= 0.6 is 0 Å². The number of hydrogen-bond donors (Lipinski definition) is 0. The Morgan fingerprint density at radius 1 is 1.03 bits per heavy atom. The maximum Gasteiger partial charge on any atom is 0.246 e. The number of aryl methyl sites for hydroxylation is 3. The van der Waals surface area contributed by atoms with E-state index in [1.165, 1.54) is 4.31 Å². The standard InChI is InChI=1S/C22H29N5O4S/c1-15-5-7-19(8-6-15)27-14-18(13-20(27)28)22(29)25-9-11-26(12-10-25)32(30,31)21-16(2)23-24(4)17(21)3/h5-8,18H,9-14H2,1-4H3. The predicted molar refractivity (Wildman–Crippen MR) is 120 cm³/mol. The van der Waals surface area contributed by atoms with Gasteiger partial charge in [-0.25, -0.2) is 8.42 Å². The second-order valence-corrected chi connectivity index (χ2v) is 10.5. The number of benzene rings is 1. The van der Waals surface area contributed by atoms with Gasteiger partial charge in [-0.3, -0.25) is 14.3 Å². The molecule has 2 aliphatic rings. The molecule has 3 heterocycles. The molecule has 172 valence electrons. The number of hydrogen-bond acceptors (Lipinski definition) is 5. The smallest absolute Gasteiger partial charge is 0.246 e. The second-order valence-electron chi connectivity index (χ2n) is 8.59. The summed E-state index contributed by atoms with van der Waals surface area (Å²) >= 11 is 0. The van der Waals surface area contributed by atoms with Gasteiger partial charge < -0.3 is 9.80 Å². The average molecular weight is 460 g/mol. The molecule has 9 nitrogen and oxygen atoms in total. The molecule has 2 aliphatic heterocycles. The predicted octanol–water partition coefficient (Wildman–Crippen LogP) is 1.23. The van der Waals surface area contributed by atoms with E-state index in [-0.39, 0.29) is 36.2 Å². The quantitative estimate of drug-likeness (QED) is 0.685. The minimum absolute atomic E-state index is 0.0593. The molecule has 0 bridgehead atoms. The molecule has 1 unspecified atom stereocenters. The van der Waals surface area contributed by atoms with Gasteiger partial charge in [-0.2, -0.15) is 9.40 Å². The van der Waals surface area contributed by atoms with Gasteiger partial charge in [0.1, 0.15) is 4.90 Å². The highest BCUT2D eigenvalue weighted by molar-refractivity contribution is 7.89. The fraction of sp³-hybridized carbons (Fsp3) is 0.500. The topological polar surface area (TPSA) is 95.8 Å². The third-order valence-electron chi connectivity index (χ3n) is 6.41. The highest BCUT2D eigenvalue weighted by atomic mass is 32.2. The first-order valence-corrected chi connectivity index (χ1v) is 12.2. The minimum atomic E-state index is -3.68. The third kappa shape index (κ3) is 3.93. The number of nitrogens with zero attached hydrogens (tertiary/aromatic N) is 5. The number of carbonyl (C=O) groups is 2. The molecule has 2 saturated heterocycles. The van der Waals surface area contributed by atoms with Crippen LogP contribution in [0.25, 0.3) is 0 Å². The number of sulfonamides is 1. The van der Waals surface area contributed by atoms with Crippen molar-refractivity contribution in [3.05, 3.63) is 41.2 Å². The molecular weight excluding hydrogens is 430 g/mol. The maximum atomic E-state index is 13.2. The fourth-order valence-corrected chi connectivity index (χ4v) is 6.33. The van der Waals surface area contributed by atoms with Gasteiger partial charge in [0.2, 0.25) is 21.8 Å². The van der Waals surface area contributed by atoms with Crippen LogP contribution in [-0.2, 0) is 26.7 Å². The van der Waals surface area contributed by atoms with Gasteiger partial charge in [-0.05, 0) is 32.9 Å². The summed E-state index contributed by atoms with van der Waals surface area (Å²) < 4.78 is 29.3. The van der Waals surface area contributed by atoms with E-state index in [1.807, 2.05) is 31.2 Å². The molecule has 0 saturated carbocycles. The van der Waals surface area contributed by atoms with Gasteiger partial charge in [-0.15, -0.1) is 0 Å². The highest BCUT2D eigenvalue weighted by Crippen LogP contribution is 2.28. The summed E-state index contributed by atoms with van der Waals surface area (Å²) in [6, 6.07) is 7.69. The Balaban J connectivity index is 1.41. The zero-order chi connectivity index (χ0) is 23.2. The van der Waals surface area contributed by atoms with Crippen LogP contribution in [0.3, 0.4) is 0 Å². The van der Waals surface area contributed by atoms with Crippen LogP contribution in [0.15, 0.2) is 29.2 Å². The number of amides is 2. The van der Waals surface area contributed by atoms with Gasteiger partial charge in [0.25, 0.3) is 0 Å². The lowest BCUT2D eigenvalue weighted by Crippen LogP contribution is -2.52. The molecule has 0 aliphatic carbocycles. The van der Waals surface area contributed by atoms with Crippen molar-refractivity contribution in [3.8, 4) is 0 Å². The van der Waals surface area contributed by atoms with Crippen molar-refractivity contribution >= 4 is 27.5 Å². The van der Waals surface area contributed by atoms with Gasteiger partial charge in [0.05, 0.1) is 17.3 Å². The van der Waals surface area contributed by atoms with Crippen LogP contribution in [0, 0.1) is 26.7 Å². The molecule has 2 fully saturated rings. The van der Waals surface area contributed by atoms with Gasteiger partial charge >= 0.3 is 0 Å². The Hall–Kier alpha value is -2.72. The number of piperazine rings is 1. The highest BCUT2D eigenvalue weighted by Gasteiger charge is 2.39. The summed E-state index contributed by atoms with van der Waals surface area (Å²) in [6.45, 7) is 6.85. The SMILES string of the molecule is Cc1ccc(N2CC(C(=O)N3CCN(S(=O)(=O)c4c(C)nn(C)c4C)CC3)CC2=O)cc1. The van der Waals surface area contributed by atoms with Crippen molar-refractivity contribution in [3.63, 3.8) is 0 Å². The third-order valence-corrected chi connectivity index (χ3v) is 8.56. The van der Waals surface area contributed by atoms with Gasteiger partial charge in [-0.1, -0.05) is 17.7 Å². The van der Waals surface area contributed by atoms with Crippen LogP contribution in [-0.4, -0.2) is 71.9 Å². The summed E-state index contributed by atoms with van der Waals surface area (Å²) in [6.07, 6.45) is 0.180. The fourth-order valence-electron chi connectivity index (χ4n) is 4.51. The average Bonchev–Trinajstić information content (AvgIpc) is 3.27. The van der Waals surface area contributed by atoms with Gasteiger partial charge in [0, 0.05) is 51.9 Å². The van der Waals surface area contributed by atoms with E-state index in [0.717, 1.165) is 11.3 Å². The van der Waals surface area contributed by atoms with Crippen LogP contribution < -0.4 is 4.90 Å². The summed E-state index contributed by atoms with van der Waals surface area (Å²) in [5.41, 5.74) is 2.98. The Morgan fingerprint density at radius 2 is 1.66 bits per heavy atom. The van der Waals surface area contributed by atoms with E-state index < -0.39 is 15.9 Å². The zero-order valence-electron chi connectivity index (χ0n) is 18.9. The lowest BCUT2D eigenvalue weighted by molar-refractivity contribution is -0.136. The monoisotopic (exact) mass is 459 g/mol. The van der Waals surface area contributed by atoms with E-state index in [9.17, 15) is 18.0 Å². The van der Waals surface area contributed by atoms with Crippen molar-refractivity contribution in [2.45, 2.75) is 32.1 Å². The van der Waals surface area contributed by atoms with E-state index in [0.29, 0.717) is 31.0 Å². The van der Waals surface area contributed by atoms with Crippen LogP contribution in [0.1, 0.15) is 23.4 Å². The molecule has 10 heteroatoms. The van der Waals surface area contributed by atoms with Crippen molar-refractivity contribution in [2.24, 2.45) is 13.0 Å². The molecule has 1 atom stereocenters.